The van der Waals surface area contributed by atoms with Gasteiger partial charge in [-0.25, -0.2) is 4.79 Å². The van der Waals surface area contributed by atoms with Crippen molar-refractivity contribution in [1.82, 2.24) is 4.57 Å². The van der Waals surface area contributed by atoms with E-state index >= 15 is 0 Å². The van der Waals surface area contributed by atoms with Crippen molar-refractivity contribution in [3.63, 3.8) is 0 Å². The smallest absolute Gasteiger partial charge is 0.419 e. The molecule has 1 aromatic carbocycles. The van der Waals surface area contributed by atoms with Crippen LogP contribution in [0.2, 0.25) is 0 Å². The van der Waals surface area contributed by atoms with Crippen molar-refractivity contribution in [3.8, 4) is 0 Å². The molecule has 0 fully saturated rings. The van der Waals surface area contributed by atoms with E-state index in [4.69, 9.17) is 21.0 Å². The van der Waals surface area contributed by atoms with Crippen molar-refractivity contribution in [2.45, 2.75) is 12.1 Å². The molecule has 0 amide bonds. The quantitative estimate of drug-likeness (QED) is 0.678. The molecular weight excluding hydrogens is 238 g/mol. The Kier molecular flexibility index (Phi) is 2.93. The highest BCUT2D eigenvalue weighted by Crippen LogP contribution is 2.19. The lowest BCUT2D eigenvalue weighted by atomic mass is 10.0. The molecule has 0 spiro atoms. The van der Waals surface area contributed by atoms with Crippen molar-refractivity contribution < 1.29 is 14.3 Å². The third-order valence-corrected chi connectivity index (χ3v) is 2.87. The topological polar surface area (TPSA) is 124 Å². The number of aliphatic carboxylic acids is 1. The van der Waals surface area contributed by atoms with Crippen molar-refractivity contribution in [1.29, 1.82) is 0 Å². The minimum absolute atomic E-state index is 0.419. The number of carbonyl (C=O) groups is 1. The van der Waals surface area contributed by atoms with Crippen LogP contribution in [0.5, 0.6) is 0 Å². The van der Waals surface area contributed by atoms with Crippen LogP contribution in [0.25, 0.3) is 11.1 Å². The van der Waals surface area contributed by atoms with E-state index in [9.17, 15) is 9.59 Å². The van der Waals surface area contributed by atoms with Gasteiger partial charge < -0.3 is 21.0 Å². The van der Waals surface area contributed by atoms with Crippen molar-refractivity contribution in [2.75, 3.05) is 0 Å². The number of hydrogen-bond acceptors (Lipinski definition) is 5. The fraction of sp³-hybridized carbons (Fsp3) is 0.273. The van der Waals surface area contributed by atoms with Gasteiger partial charge in [-0.05, 0) is 17.7 Å². The van der Waals surface area contributed by atoms with Crippen LogP contribution in [-0.2, 0) is 11.8 Å². The van der Waals surface area contributed by atoms with Gasteiger partial charge >= 0.3 is 11.7 Å². The normalized spacial score (nSPS) is 14.6. The number of aryl methyl sites for hydroxylation is 1. The first kappa shape index (κ1) is 12.3. The standard InChI is InChI=1S/C11H13N3O4/c1-14-6-4-5(8(12)9(13)10(15)16)2-3-7(6)18-11(14)17/h2-4,8-9H,12-13H2,1H3,(H,15,16). The summed E-state index contributed by atoms with van der Waals surface area (Å²) < 4.78 is 6.28. The van der Waals surface area contributed by atoms with Crippen LogP contribution >= 0.6 is 0 Å². The third kappa shape index (κ3) is 1.89. The summed E-state index contributed by atoms with van der Waals surface area (Å²) in [6.45, 7) is 0. The Bertz CT molecular complexity index is 658. The van der Waals surface area contributed by atoms with Crippen LogP contribution in [0.4, 0.5) is 0 Å². The fourth-order valence-electron chi connectivity index (χ4n) is 1.71. The van der Waals surface area contributed by atoms with Crippen LogP contribution in [0.1, 0.15) is 11.6 Å². The number of rotatable bonds is 3. The minimum atomic E-state index is -1.20. The maximum Gasteiger partial charge on any atom is 0.419 e. The zero-order valence-corrected chi connectivity index (χ0v) is 9.66. The van der Waals surface area contributed by atoms with Crippen LogP contribution < -0.4 is 17.2 Å². The molecule has 0 aliphatic heterocycles. The molecule has 0 aliphatic carbocycles. The number of fused-ring (bicyclic) bond motifs is 1. The summed E-state index contributed by atoms with van der Waals surface area (Å²) >= 11 is 0. The van der Waals surface area contributed by atoms with Gasteiger partial charge in [-0.1, -0.05) is 6.07 Å². The van der Waals surface area contributed by atoms with E-state index in [1.807, 2.05) is 0 Å². The van der Waals surface area contributed by atoms with Gasteiger partial charge in [-0.3, -0.25) is 9.36 Å². The van der Waals surface area contributed by atoms with Gasteiger partial charge in [-0.15, -0.1) is 0 Å². The Morgan fingerprint density at radius 2 is 2.11 bits per heavy atom. The van der Waals surface area contributed by atoms with E-state index in [1.54, 1.807) is 25.2 Å². The molecule has 96 valence electrons. The van der Waals surface area contributed by atoms with Gasteiger partial charge in [0.15, 0.2) is 5.58 Å². The summed E-state index contributed by atoms with van der Waals surface area (Å²) in [6.07, 6.45) is 0. The molecule has 0 saturated heterocycles. The number of carboxylic acids is 1. The fourth-order valence-corrected chi connectivity index (χ4v) is 1.71. The van der Waals surface area contributed by atoms with Gasteiger partial charge in [0, 0.05) is 7.05 Å². The summed E-state index contributed by atoms with van der Waals surface area (Å²) in [5.74, 6) is -1.66. The molecule has 1 heterocycles. The lowest BCUT2D eigenvalue weighted by Gasteiger charge is -2.16. The Morgan fingerprint density at radius 1 is 1.44 bits per heavy atom. The molecule has 0 radical (unpaired) electrons. The number of oxazole rings is 1. The first-order valence-corrected chi connectivity index (χ1v) is 5.25. The summed E-state index contributed by atoms with van der Waals surface area (Å²) in [5, 5.41) is 8.81. The molecule has 2 rings (SSSR count). The Labute approximate surface area is 102 Å². The SMILES string of the molecule is Cn1c(=O)oc2ccc(C(N)C(N)C(=O)O)cc21. The first-order chi connectivity index (χ1) is 8.41. The second-order valence-electron chi connectivity index (χ2n) is 4.04. The second kappa shape index (κ2) is 4.28. The van der Waals surface area contributed by atoms with Crippen LogP contribution in [-0.4, -0.2) is 21.7 Å². The monoisotopic (exact) mass is 251 g/mol. The minimum Gasteiger partial charge on any atom is -0.480 e. The van der Waals surface area contributed by atoms with E-state index in [-0.39, 0.29) is 0 Å². The molecule has 2 atom stereocenters. The van der Waals surface area contributed by atoms with Crippen LogP contribution in [0, 0.1) is 0 Å². The van der Waals surface area contributed by atoms with Crippen LogP contribution in [0.15, 0.2) is 27.4 Å². The number of aromatic nitrogens is 1. The number of nitrogens with zero attached hydrogens (tertiary/aromatic N) is 1. The maximum atomic E-state index is 11.3. The molecule has 0 saturated carbocycles. The molecule has 2 aromatic rings. The van der Waals surface area contributed by atoms with E-state index < -0.39 is 23.8 Å². The molecule has 1 aromatic heterocycles. The lowest BCUT2D eigenvalue weighted by Crippen LogP contribution is -2.40. The molecule has 5 N–H and O–H groups in total. The largest absolute Gasteiger partial charge is 0.480 e. The number of nitrogens with two attached hydrogens (primary N) is 2. The summed E-state index contributed by atoms with van der Waals surface area (Å²) in [5.41, 5.74) is 12.7. The first-order valence-electron chi connectivity index (χ1n) is 5.25. The molecule has 7 nitrogen and oxygen atoms in total. The highest BCUT2D eigenvalue weighted by Gasteiger charge is 2.22. The van der Waals surface area contributed by atoms with Gasteiger partial charge in [0.25, 0.3) is 0 Å². The van der Waals surface area contributed by atoms with Crippen molar-refractivity contribution >= 4 is 17.1 Å². The van der Waals surface area contributed by atoms with E-state index in [0.717, 1.165) is 0 Å². The van der Waals surface area contributed by atoms with E-state index in [1.165, 1.54) is 4.57 Å². The van der Waals surface area contributed by atoms with E-state index in [2.05, 4.69) is 0 Å². The predicted molar refractivity (Wildman–Crippen MR) is 64.0 cm³/mol. The summed E-state index contributed by atoms with van der Waals surface area (Å²) in [4.78, 5) is 22.1. The van der Waals surface area contributed by atoms with Gasteiger partial charge in [0.05, 0.1) is 11.6 Å². The Balaban J connectivity index is 2.50. The molecule has 18 heavy (non-hydrogen) atoms. The predicted octanol–water partition coefficient (Wildman–Crippen LogP) is -0.457. The van der Waals surface area contributed by atoms with Gasteiger partial charge in [-0.2, -0.15) is 0 Å². The average molecular weight is 251 g/mol. The zero-order chi connectivity index (χ0) is 13.4. The van der Waals surface area contributed by atoms with E-state index in [0.29, 0.717) is 16.7 Å². The average Bonchev–Trinajstić information content (AvgIpc) is 2.63. The van der Waals surface area contributed by atoms with Crippen molar-refractivity contribution in [3.05, 3.63) is 34.3 Å². The molecule has 2 unspecified atom stereocenters. The molecule has 0 aliphatic rings. The number of carboxylic acid groups (broad SMARTS) is 1. The third-order valence-electron chi connectivity index (χ3n) is 2.87. The van der Waals surface area contributed by atoms with Crippen molar-refractivity contribution in [2.24, 2.45) is 18.5 Å². The number of hydrogen-bond donors (Lipinski definition) is 3. The lowest BCUT2D eigenvalue weighted by molar-refractivity contribution is -0.139. The molecular formula is C11H13N3O4. The molecule has 7 heteroatoms. The van der Waals surface area contributed by atoms with Gasteiger partial charge in [0.2, 0.25) is 0 Å². The Morgan fingerprint density at radius 3 is 2.72 bits per heavy atom. The molecule has 0 bridgehead atoms. The summed E-state index contributed by atoms with van der Waals surface area (Å²) in [6, 6.07) is 2.72. The highest BCUT2D eigenvalue weighted by molar-refractivity contribution is 5.76. The number of benzene rings is 1. The second-order valence-corrected chi connectivity index (χ2v) is 4.04. The zero-order valence-electron chi connectivity index (χ0n) is 9.66. The summed E-state index contributed by atoms with van der Waals surface area (Å²) in [7, 11) is 1.56. The van der Waals surface area contributed by atoms with Gasteiger partial charge in [0.1, 0.15) is 6.04 Å². The Hall–Kier alpha value is -2.12. The highest BCUT2D eigenvalue weighted by atomic mass is 16.4. The maximum absolute atomic E-state index is 11.3. The van der Waals surface area contributed by atoms with Crippen LogP contribution in [0.3, 0.4) is 0 Å².